The van der Waals surface area contributed by atoms with Crippen LogP contribution < -0.4 is 10.6 Å². The van der Waals surface area contributed by atoms with Crippen molar-refractivity contribution >= 4 is 16.9 Å². The summed E-state index contributed by atoms with van der Waals surface area (Å²) < 4.78 is 0. The number of aromatic nitrogens is 3. The second kappa shape index (κ2) is 7.36. The first-order valence-electron chi connectivity index (χ1n) is 8.25. The van der Waals surface area contributed by atoms with Gasteiger partial charge in [0.25, 0.3) is 0 Å². The Morgan fingerprint density at radius 3 is 2.42 bits per heavy atom. The van der Waals surface area contributed by atoms with Crippen molar-refractivity contribution < 1.29 is 0 Å². The van der Waals surface area contributed by atoms with Crippen LogP contribution >= 0.6 is 0 Å². The van der Waals surface area contributed by atoms with Gasteiger partial charge in [0.15, 0.2) is 5.82 Å². The molecule has 24 heavy (non-hydrogen) atoms. The predicted molar refractivity (Wildman–Crippen MR) is 98.2 cm³/mol. The second-order valence-electron chi connectivity index (χ2n) is 6.17. The van der Waals surface area contributed by atoms with Crippen LogP contribution in [0.4, 0.5) is 5.82 Å². The quantitative estimate of drug-likeness (QED) is 0.727. The van der Waals surface area contributed by atoms with E-state index >= 15 is 0 Å². The predicted octanol–water partition coefficient (Wildman–Crippen LogP) is 3.52. The van der Waals surface area contributed by atoms with Gasteiger partial charge in [0.1, 0.15) is 11.8 Å². The molecule has 2 aromatic heterocycles. The van der Waals surface area contributed by atoms with E-state index in [1.165, 1.54) is 11.1 Å². The summed E-state index contributed by atoms with van der Waals surface area (Å²) in [6.07, 6.45) is 3.34. The minimum absolute atomic E-state index is 0.108. The Morgan fingerprint density at radius 1 is 0.958 bits per heavy atom. The third-order valence-corrected chi connectivity index (χ3v) is 4.12. The van der Waals surface area contributed by atoms with Gasteiger partial charge in [-0.3, -0.25) is 4.98 Å². The highest BCUT2D eigenvalue weighted by molar-refractivity contribution is 5.84. The van der Waals surface area contributed by atoms with E-state index in [0.29, 0.717) is 5.92 Å². The largest absolute Gasteiger partial charge is 0.360 e. The number of benzene rings is 1. The monoisotopic (exact) mass is 321 g/mol. The number of pyridine rings is 1. The number of hydrogen-bond acceptors (Lipinski definition) is 5. The highest BCUT2D eigenvalue weighted by atomic mass is 15.1. The lowest BCUT2D eigenvalue weighted by Gasteiger charge is -2.20. The fourth-order valence-corrected chi connectivity index (χ4v) is 2.73. The normalized spacial score (nSPS) is 12.5. The molecule has 0 aliphatic rings. The molecule has 0 radical (unpaired) electrons. The Labute approximate surface area is 142 Å². The van der Waals surface area contributed by atoms with Crippen molar-refractivity contribution in [1.29, 1.82) is 0 Å². The molecule has 3 rings (SSSR count). The highest BCUT2D eigenvalue weighted by Crippen LogP contribution is 2.24. The van der Waals surface area contributed by atoms with Crippen LogP contribution in [0.1, 0.15) is 36.9 Å². The zero-order valence-corrected chi connectivity index (χ0v) is 14.3. The van der Waals surface area contributed by atoms with Crippen molar-refractivity contribution in [2.45, 2.75) is 25.8 Å². The molecule has 5 heteroatoms. The summed E-state index contributed by atoms with van der Waals surface area (Å²) >= 11 is 0. The molecule has 2 heterocycles. The Bertz CT molecular complexity index is 793. The Balaban J connectivity index is 1.90. The molecule has 5 nitrogen and oxygen atoms in total. The first kappa shape index (κ1) is 16.3. The van der Waals surface area contributed by atoms with Crippen LogP contribution in [0.3, 0.4) is 0 Å². The lowest BCUT2D eigenvalue weighted by Crippen LogP contribution is -2.24. The van der Waals surface area contributed by atoms with Gasteiger partial charge in [0.05, 0.1) is 11.6 Å². The topological polar surface area (TPSA) is 62.7 Å². The van der Waals surface area contributed by atoms with E-state index in [-0.39, 0.29) is 6.04 Å². The Kier molecular flexibility index (Phi) is 5.01. The Hall–Kier alpha value is -2.53. The van der Waals surface area contributed by atoms with Gasteiger partial charge in [0.2, 0.25) is 0 Å². The van der Waals surface area contributed by atoms with Crippen LogP contribution in [0.15, 0.2) is 48.9 Å². The summed E-state index contributed by atoms with van der Waals surface area (Å²) in [6, 6.07) is 12.7. The van der Waals surface area contributed by atoms with Crippen LogP contribution in [0, 0.1) is 0 Å². The lowest BCUT2D eigenvalue weighted by atomic mass is 9.99. The van der Waals surface area contributed by atoms with Crippen LogP contribution in [-0.4, -0.2) is 28.5 Å². The summed E-state index contributed by atoms with van der Waals surface area (Å²) in [5.41, 5.74) is 4.20. The van der Waals surface area contributed by atoms with Crippen molar-refractivity contribution in [3.8, 4) is 0 Å². The number of anilines is 1. The van der Waals surface area contributed by atoms with Gasteiger partial charge in [-0.1, -0.05) is 38.1 Å². The maximum Gasteiger partial charge on any atom is 0.156 e. The van der Waals surface area contributed by atoms with Gasteiger partial charge < -0.3 is 10.6 Å². The summed E-state index contributed by atoms with van der Waals surface area (Å²) in [4.78, 5) is 13.1. The van der Waals surface area contributed by atoms with Crippen LogP contribution in [0.2, 0.25) is 0 Å². The number of nitrogens with one attached hydrogen (secondary N) is 2. The standard InChI is InChI=1S/C19H23N5/c1-13(2)14-6-8-15(9-7-14)17(11-20-3)24-19-18-16(22-12-23-19)5-4-10-21-18/h4-10,12-13,17,20H,11H2,1-3H3,(H,22,23,24)/t17-/m1/s1. The molecule has 0 spiro atoms. The molecule has 0 saturated heterocycles. The van der Waals surface area contributed by atoms with Gasteiger partial charge in [0, 0.05) is 12.7 Å². The molecule has 124 valence electrons. The van der Waals surface area contributed by atoms with E-state index < -0.39 is 0 Å². The van der Waals surface area contributed by atoms with Gasteiger partial charge >= 0.3 is 0 Å². The van der Waals surface area contributed by atoms with Crippen molar-refractivity contribution in [3.05, 3.63) is 60.0 Å². The summed E-state index contributed by atoms with van der Waals surface area (Å²) in [5.74, 6) is 1.29. The minimum atomic E-state index is 0.108. The smallest absolute Gasteiger partial charge is 0.156 e. The summed E-state index contributed by atoms with van der Waals surface area (Å²) in [5, 5.41) is 6.76. The maximum atomic E-state index is 4.42. The molecule has 0 amide bonds. The molecule has 0 saturated carbocycles. The van der Waals surface area contributed by atoms with Gasteiger partial charge in [-0.2, -0.15) is 0 Å². The van der Waals surface area contributed by atoms with E-state index in [1.54, 1.807) is 12.5 Å². The van der Waals surface area contributed by atoms with Gasteiger partial charge in [-0.05, 0) is 36.2 Å². The van der Waals surface area contributed by atoms with Crippen LogP contribution in [0.5, 0.6) is 0 Å². The SMILES string of the molecule is CNC[C@@H](Nc1ncnc2cccnc12)c1ccc(C(C)C)cc1. The lowest BCUT2D eigenvalue weighted by molar-refractivity contribution is 0.686. The third kappa shape index (κ3) is 3.51. The molecule has 0 bridgehead atoms. The van der Waals surface area contributed by atoms with Crippen molar-refractivity contribution in [3.63, 3.8) is 0 Å². The van der Waals surface area contributed by atoms with Gasteiger partial charge in [-0.15, -0.1) is 0 Å². The highest BCUT2D eigenvalue weighted by Gasteiger charge is 2.14. The first-order chi connectivity index (χ1) is 11.7. The first-order valence-corrected chi connectivity index (χ1v) is 8.25. The van der Waals surface area contributed by atoms with Crippen LogP contribution in [0.25, 0.3) is 11.0 Å². The second-order valence-corrected chi connectivity index (χ2v) is 6.17. The number of likely N-dealkylation sites (N-methyl/N-ethyl adjacent to an activating group) is 1. The molecule has 0 fully saturated rings. The van der Waals surface area contributed by atoms with E-state index in [9.17, 15) is 0 Å². The van der Waals surface area contributed by atoms with Crippen molar-refractivity contribution in [2.24, 2.45) is 0 Å². The molecule has 0 aliphatic heterocycles. The molecule has 0 unspecified atom stereocenters. The molecule has 3 aromatic rings. The molecular formula is C19H23N5. The average molecular weight is 321 g/mol. The zero-order chi connectivity index (χ0) is 16.9. The number of nitrogens with zero attached hydrogens (tertiary/aromatic N) is 3. The van der Waals surface area contributed by atoms with E-state index in [1.807, 2.05) is 19.2 Å². The van der Waals surface area contributed by atoms with E-state index in [0.717, 1.165) is 23.4 Å². The van der Waals surface area contributed by atoms with Crippen LogP contribution in [-0.2, 0) is 0 Å². The van der Waals surface area contributed by atoms with Crippen molar-refractivity contribution in [2.75, 3.05) is 18.9 Å². The number of hydrogen-bond donors (Lipinski definition) is 2. The average Bonchev–Trinajstić information content (AvgIpc) is 2.62. The fraction of sp³-hybridized carbons (Fsp3) is 0.316. The number of fused-ring (bicyclic) bond motifs is 1. The summed E-state index contributed by atoms with van der Waals surface area (Å²) in [6.45, 7) is 5.20. The minimum Gasteiger partial charge on any atom is -0.360 e. The maximum absolute atomic E-state index is 4.42. The van der Waals surface area contributed by atoms with Crippen molar-refractivity contribution in [1.82, 2.24) is 20.3 Å². The molecule has 0 aliphatic carbocycles. The molecule has 2 N–H and O–H groups in total. The molecular weight excluding hydrogens is 298 g/mol. The van der Waals surface area contributed by atoms with Gasteiger partial charge in [-0.25, -0.2) is 9.97 Å². The number of rotatable bonds is 6. The third-order valence-electron chi connectivity index (χ3n) is 4.12. The van der Waals surface area contributed by atoms with E-state index in [2.05, 4.69) is 63.7 Å². The molecule has 1 aromatic carbocycles. The zero-order valence-electron chi connectivity index (χ0n) is 14.3. The Morgan fingerprint density at radius 2 is 1.71 bits per heavy atom. The van der Waals surface area contributed by atoms with E-state index in [4.69, 9.17) is 0 Å². The summed E-state index contributed by atoms with van der Waals surface area (Å²) in [7, 11) is 1.95. The molecule has 1 atom stereocenters. The fourth-order valence-electron chi connectivity index (χ4n) is 2.73.